The molecule has 0 N–H and O–H groups in total. The summed E-state index contributed by atoms with van der Waals surface area (Å²) in [4.78, 5) is 13.0. The molecule has 0 bridgehead atoms. The second kappa shape index (κ2) is 2.69. The van der Waals surface area contributed by atoms with Crippen LogP contribution in [-0.2, 0) is 4.79 Å². The SMILES string of the molecule is O=C1N=CC(C(F)(F)F)=C[C@H]1F. The van der Waals surface area contributed by atoms with Gasteiger partial charge in [-0.1, -0.05) is 0 Å². The first kappa shape index (κ1) is 8.89. The summed E-state index contributed by atoms with van der Waals surface area (Å²) in [6.45, 7) is 0. The lowest BCUT2D eigenvalue weighted by atomic mass is 10.1. The van der Waals surface area contributed by atoms with Crippen molar-refractivity contribution in [3.05, 3.63) is 11.6 Å². The second-order valence-corrected chi connectivity index (χ2v) is 2.12. The van der Waals surface area contributed by atoms with Crippen molar-refractivity contribution in [2.24, 2.45) is 4.99 Å². The van der Waals surface area contributed by atoms with Crippen LogP contribution in [0.2, 0.25) is 0 Å². The average molecular weight is 181 g/mol. The minimum atomic E-state index is -4.64. The molecule has 0 aromatic rings. The Bertz CT molecular complexity index is 265. The molecule has 1 atom stereocenters. The van der Waals surface area contributed by atoms with Gasteiger partial charge in [0.2, 0.25) is 0 Å². The maximum Gasteiger partial charge on any atom is 0.417 e. The Hall–Kier alpha value is -1.20. The van der Waals surface area contributed by atoms with E-state index in [1.165, 1.54) is 0 Å². The third-order valence-corrected chi connectivity index (χ3v) is 1.22. The number of hydrogen-bond acceptors (Lipinski definition) is 1. The Kier molecular flexibility index (Phi) is 1.99. The Labute approximate surface area is 64.6 Å². The van der Waals surface area contributed by atoms with E-state index in [1.807, 2.05) is 0 Å². The van der Waals surface area contributed by atoms with E-state index in [2.05, 4.69) is 4.99 Å². The number of hydrogen-bond donors (Lipinski definition) is 0. The maximum atomic E-state index is 12.3. The molecule has 6 heteroatoms. The number of rotatable bonds is 0. The predicted molar refractivity (Wildman–Crippen MR) is 32.5 cm³/mol. The van der Waals surface area contributed by atoms with Gasteiger partial charge in [0.1, 0.15) is 0 Å². The van der Waals surface area contributed by atoms with E-state index < -0.39 is 23.8 Å². The number of carbonyl (C=O) groups excluding carboxylic acids is 1. The molecule has 1 aliphatic rings. The zero-order chi connectivity index (χ0) is 9.35. The van der Waals surface area contributed by atoms with E-state index in [0.717, 1.165) is 0 Å². The number of halogens is 4. The highest BCUT2D eigenvalue weighted by atomic mass is 19.4. The van der Waals surface area contributed by atoms with E-state index in [1.54, 1.807) is 0 Å². The first-order valence-corrected chi connectivity index (χ1v) is 2.92. The number of aliphatic imine (C=N–C) groups is 1. The van der Waals surface area contributed by atoms with E-state index >= 15 is 0 Å². The van der Waals surface area contributed by atoms with Crippen molar-refractivity contribution in [2.75, 3.05) is 0 Å². The fraction of sp³-hybridized carbons (Fsp3) is 0.333. The first-order valence-electron chi connectivity index (χ1n) is 2.92. The van der Waals surface area contributed by atoms with Gasteiger partial charge in [0.25, 0.3) is 5.91 Å². The summed E-state index contributed by atoms with van der Waals surface area (Å²) < 4.78 is 47.7. The molecule has 1 aliphatic heterocycles. The molecule has 0 aromatic carbocycles. The number of dihydropyridines is 1. The van der Waals surface area contributed by atoms with Crippen molar-refractivity contribution in [3.63, 3.8) is 0 Å². The van der Waals surface area contributed by atoms with Crippen molar-refractivity contribution in [3.8, 4) is 0 Å². The van der Waals surface area contributed by atoms with Gasteiger partial charge in [-0.3, -0.25) is 4.79 Å². The highest BCUT2D eigenvalue weighted by molar-refractivity contribution is 5.99. The fourth-order valence-electron chi connectivity index (χ4n) is 0.644. The van der Waals surface area contributed by atoms with Crippen LogP contribution in [-0.4, -0.2) is 24.5 Å². The van der Waals surface area contributed by atoms with Crippen molar-refractivity contribution in [1.29, 1.82) is 0 Å². The summed E-state index contributed by atoms with van der Waals surface area (Å²) in [7, 11) is 0. The maximum absolute atomic E-state index is 12.3. The molecule has 2 nitrogen and oxygen atoms in total. The zero-order valence-electron chi connectivity index (χ0n) is 5.60. The van der Waals surface area contributed by atoms with Gasteiger partial charge in [-0.2, -0.15) is 13.2 Å². The Morgan fingerprint density at radius 3 is 2.42 bits per heavy atom. The highest BCUT2D eigenvalue weighted by Crippen LogP contribution is 2.26. The van der Waals surface area contributed by atoms with E-state index in [9.17, 15) is 22.4 Å². The van der Waals surface area contributed by atoms with Gasteiger partial charge in [0.05, 0.1) is 5.57 Å². The van der Waals surface area contributed by atoms with Crippen LogP contribution in [0.1, 0.15) is 0 Å². The van der Waals surface area contributed by atoms with E-state index in [-0.39, 0.29) is 6.08 Å². The lowest BCUT2D eigenvalue weighted by Crippen LogP contribution is -2.22. The van der Waals surface area contributed by atoms with Crippen molar-refractivity contribution in [2.45, 2.75) is 12.3 Å². The lowest BCUT2D eigenvalue weighted by Gasteiger charge is -2.10. The average Bonchev–Trinajstić information content (AvgIpc) is 1.92. The molecule has 12 heavy (non-hydrogen) atoms. The van der Waals surface area contributed by atoms with Crippen LogP contribution < -0.4 is 0 Å². The van der Waals surface area contributed by atoms with Gasteiger partial charge in [0.15, 0.2) is 6.17 Å². The van der Waals surface area contributed by atoms with E-state index in [0.29, 0.717) is 6.21 Å². The normalized spacial score (nSPS) is 24.2. The van der Waals surface area contributed by atoms with Gasteiger partial charge in [-0.15, -0.1) is 0 Å². The van der Waals surface area contributed by atoms with Crippen molar-refractivity contribution >= 4 is 12.1 Å². The second-order valence-electron chi connectivity index (χ2n) is 2.12. The highest BCUT2D eigenvalue weighted by Gasteiger charge is 2.36. The third kappa shape index (κ3) is 1.69. The Morgan fingerprint density at radius 1 is 1.42 bits per heavy atom. The Morgan fingerprint density at radius 2 is 2.00 bits per heavy atom. The summed E-state index contributed by atoms with van der Waals surface area (Å²) in [5.74, 6) is -1.21. The third-order valence-electron chi connectivity index (χ3n) is 1.22. The molecule has 1 rings (SSSR count). The molecule has 0 saturated carbocycles. The van der Waals surface area contributed by atoms with Crippen LogP contribution in [0.25, 0.3) is 0 Å². The zero-order valence-corrected chi connectivity index (χ0v) is 5.60. The smallest absolute Gasteiger partial charge is 0.269 e. The molecule has 0 spiro atoms. The van der Waals surface area contributed by atoms with Crippen LogP contribution in [0.3, 0.4) is 0 Å². The van der Waals surface area contributed by atoms with Crippen LogP contribution >= 0.6 is 0 Å². The quantitative estimate of drug-likeness (QED) is 0.519. The van der Waals surface area contributed by atoms with Crippen LogP contribution in [0.5, 0.6) is 0 Å². The summed E-state index contributed by atoms with van der Waals surface area (Å²) in [6, 6.07) is 0. The molecule has 0 fully saturated rings. The summed E-state index contributed by atoms with van der Waals surface area (Å²) in [6.07, 6.45) is -6.39. The lowest BCUT2D eigenvalue weighted by molar-refractivity contribution is -0.121. The molecular weight excluding hydrogens is 178 g/mol. The van der Waals surface area contributed by atoms with Crippen LogP contribution in [0.4, 0.5) is 17.6 Å². The summed E-state index contributed by atoms with van der Waals surface area (Å²) in [5.41, 5.74) is -1.23. The largest absolute Gasteiger partial charge is 0.417 e. The fourth-order valence-corrected chi connectivity index (χ4v) is 0.644. The Balaban J connectivity index is 2.91. The minimum absolute atomic E-state index is 0.204. The number of alkyl halides is 4. The standard InChI is InChI=1S/C6H3F4NO/c7-4-1-3(6(8,9)10)2-11-5(4)12/h1-2,4H/t4-/m1/s1. The molecule has 0 unspecified atom stereocenters. The molecular formula is C6H3F4NO. The molecule has 1 heterocycles. The van der Waals surface area contributed by atoms with Gasteiger partial charge in [0, 0.05) is 6.21 Å². The molecule has 66 valence electrons. The molecule has 0 aromatic heterocycles. The first-order chi connectivity index (χ1) is 5.41. The minimum Gasteiger partial charge on any atom is -0.269 e. The summed E-state index contributed by atoms with van der Waals surface area (Å²) >= 11 is 0. The molecule has 1 amide bonds. The van der Waals surface area contributed by atoms with Gasteiger partial charge >= 0.3 is 6.18 Å². The molecule has 0 radical (unpaired) electrons. The summed E-state index contributed by atoms with van der Waals surface area (Å²) in [5, 5.41) is 0. The predicted octanol–water partition coefficient (Wildman–Crippen LogP) is 1.42. The topological polar surface area (TPSA) is 29.4 Å². The number of nitrogens with zero attached hydrogens (tertiary/aromatic N) is 1. The molecule has 0 saturated heterocycles. The van der Waals surface area contributed by atoms with Gasteiger partial charge < -0.3 is 0 Å². The van der Waals surface area contributed by atoms with Crippen LogP contribution in [0.15, 0.2) is 16.6 Å². The number of amides is 1. The van der Waals surface area contributed by atoms with Crippen molar-refractivity contribution in [1.82, 2.24) is 0 Å². The van der Waals surface area contributed by atoms with Crippen molar-refractivity contribution < 1.29 is 22.4 Å². The number of carbonyl (C=O) groups is 1. The van der Waals surface area contributed by atoms with Gasteiger partial charge in [-0.25, -0.2) is 9.38 Å². The van der Waals surface area contributed by atoms with Crippen LogP contribution in [0, 0.1) is 0 Å². The van der Waals surface area contributed by atoms with E-state index in [4.69, 9.17) is 0 Å². The molecule has 0 aliphatic carbocycles. The van der Waals surface area contributed by atoms with Gasteiger partial charge in [-0.05, 0) is 6.08 Å². The monoisotopic (exact) mass is 181 g/mol. The number of allylic oxidation sites excluding steroid dienone is 1.